The first-order valence-electron chi connectivity index (χ1n) is 6.01. The van der Waals surface area contributed by atoms with E-state index in [2.05, 4.69) is 23.9 Å². The van der Waals surface area contributed by atoms with Gasteiger partial charge in [0.25, 0.3) is 0 Å². The summed E-state index contributed by atoms with van der Waals surface area (Å²) in [5.41, 5.74) is 4.96. The average molecular weight is 227 g/mol. The van der Waals surface area contributed by atoms with Crippen LogP contribution in [0.5, 0.6) is 0 Å². The molecule has 1 fully saturated rings. The Balaban J connectivity index is 2.46. The third-order valence-corrected chi connectivity index (χ3v) is 3.62. The molecule has 0 radical (unpaired) electrons. The van der Waals surface area contributed by atoms with E-state index < -0.39 is 5.41 Å². The molecule has 1 rings (SSSR count). The van der Waals surface area contributed by atoms with Crippen LogP contribution in [-0.4, -0.2) is 55.5 Å². The van der Waals surface area contributed by atoms with Crippen molar-refractivity contribution in [2.75, 3.05) is 33.7 Å². The monoisotopic (exact) mass is 227 g/mol. The highest BCUT2D eigenvalue weighted by molar-refractivity contribution is 5.80. The third kappa shape index (κ3) is 3.46. The number of rotatable bonds is 4. The summed E-state index contributed by atoms with van der Waals surface area (Å²) in [5, 5.41) is 0. The standard InChI is InChI=1S/C12H25N3O/c1-12(2,11(13)16)9-15(4)10-5-7-14(3)8-6-10/h10H,5-9H2,1-4H3,(H2,13,16). The zero-order chi connectivity index (χ0) is 12.3. The number of nitrogens with zero attached hydrogens (tertiary/aromatic N) is 2. The lowest BCUT2D eigenvalue weighted by Gasteiger charge is -2.38. The van der Waals surface area contributed by atoms with E-state index in [1.807, 2.05) is 13.8 Å². The molecule has 1 aliphatic rings. The van der Waals surface area contributed by atoms with E-state index >= 15 is 0 Å². The van der Waals surface area contributed by atoms with Gasteiger partial charge in [0.15, 0.2) is 0 Å². The summed E-state index contributed by atoms with van der Waals surface area (Å²) in [5.74, 6) is -0.215. The quantitative estimate of drug-likeness (QED) is 0.762. The number of primary amides is 1. The van der Waals surface area contributed by atoms with E-state index in [1.54, 1.807) is 0 Å². The topological polar surface area (TPSA) is 49.6 Å². The predicted molar refractivity (Wildman–Crippen MR) is 66.1 cm³/mol. The molecule has 0 aromatic heterocycles. The van der Waals surface area contributed by atoms with Gasteiger partial charge in [-0.1, -0.05) is 0 Å². The summed E-state index contributed by atoms with van der Waals surface area (Å²) >= 11 is 0. The lowest BCUT2D eigenvalue weighted by Crippen LogP contribution is -2.48. The number of hydrogen-bond donors (Lipinski definition) is 1. The van der Waals surface area contributed by atoms with E-state index in [-0.39, 0.29) is 5.91 Å². The van der Waals surface area contributed by atoms with Crippen molar-refractivity contribution in [1.82, 2.24) is 9.80 Å². The molecule has 1 aliphatic heterocycles. The first-order valence-corrected chi connectivity index (χ1v) is 6.01. The maximum atomic E-state index is 11.3. The highest BCUT2D eigenvalue weighted by Crippen LogP contribution is 2.20. The van der Waals surface area contributed by atoms with Gasteiger partial charge >= 0.3 is 0 Å². The zero-order valence-electron chi connectivity index (χ0n) is 11.0. The number of carbonyl (C=O) groups is 1. The number of nitrogens with two attached hydrogens (primary N) is 1. The Morgan fingerprint density at radius 2 is 1.94 bits per heavy atom. The fourth-order valence-electron chi connectivity index (χ4n) is 2.27. The van der Waals surface area contributed by atoms with E-state index in [0.717, 1.165) is 19.6 Å². The van der Waals surface area contributed by atoms with E-state index in [9.17, 15) is 4.79 Å². The maximum absolute atomic E-state index is 11.3. The van der Waals surface area contributed by atoms with Crippen molar-refractivity contribution in [1.29, 1.82) is 0 Å². The fraction of sp³-hybridized carbons (Fsp3) is 0.917. The van der Waals surface area contributed by atoms with Gasteiger partial charge in [0.2, 0.25) is 5.91 Å². The van der Waals surface area contributed by atoms with Crippen molar-refractivity contribution >= 4 is 5.91 Å². The first-order chi connectivity index (χ1) is 7.33. The molecule has 0 atom stereocenters. The van der Waals surface area contributed by atoms with Crippen LogP contribution in [0.1, 0.15) is 26.7 Å². The van der Waals surface area contributed by atoms with Crippen molar-refractivity contribution in [2.45, 2.75) is 32.7 Å². The summed E-state index contributed by atoms with van der Waals surface area (Å²) < 4.78 is 0. The minimum Gasteiger partial charge on any atom is -0.369 e. The normalized spacial score (nSPS) is 20.3. The van der Waals surface area contributed by atoms with Gasteiger partial charge in [-0.05, 0) is 53.9 Å². The molecule has 0 aromatic rings. The Bertz CT molecular complexity index is 245. The Labute approximate surface area is 98.8 Å². The predicted octanol–water partition coefficient (Wildman–Crippen LogP) is 0.524. The highest BCUT2D eigenvalue weighted by atomic mass is 16.1. The van der Waals surface area contributed by atoms with E-state index in [4.69, 9.17) is 5.73 Å². The molecule has 0 unspecified atom stereocenters. The molecule has 0 saturated carbocycles. The van der Waals surface area contributed by atoms with Gasteiger partial charge in [-0.15, -0.1) is 0 Å². The number of piperidine rings is 1. The summed E-state index contributed by atoms with van der Waals surface area (Å²) in [6.07, 6.45) is 2.36. The van der Waals surface area contributed by atoms with Crippen molar-refractivity contribution < 1.29 is 4.79 Å². The van der Waals surface area contributed by atoms with E-state index in [1.165, 1.54) is 12.8 Å². The number of hydrogen-bond acceptors (Lipinski definition) is 3. The Kier molecular flexibility index (Phi) is 4.33. The molecular formula is C12H25N3O. The molecule has 0 bridgehead atoms. The second-order valence-corrected chi connectivity index (χ2v) is 5.70. The maximum Gasteiger partial charge on any atom is 0.224 e. The van der Waals surface area contributed by atoms with Crippen LogP contribution in [0, 0.1) is 5.41 Å². The molecular weight excluding hydrogens is 202 g/mol. The molecule has 0 aliphatic carbocycles. The van der Waals surface area contributed by atoms with Crippen LogP contribution in [0.4, 0.5) is 0 Å². The lowest BCUT2D eigenvalue weighted by molar-refractivity contribution is -0.127. The largest absolute Gasteiger partial charge is 0.369 e. The second kappa shape index (κ2) is 5.15. The SMILES string of the molecule is CN1CCC(N(C)CC(C)(C)C(N)=O)CC1. The van der Waals surface area contributed by atoms with Crippen molar-refractivity contribution in [2.24, 2.45) is 11.1 Å². The summed E-state index contributed by atoms with van der Waals surface area (Å²) in [4.78, 5) is 15.9. The molecule has 1 amide bonds. The van der Waals surface area contributed by atoms with Crippen LogP contribution < -0.4 is 5.73 Å². The molecule has 0 spiro atoms. The van der Waals surface area contributed by atoms with Gasteiger partial charge in [0.1, 0.15) is 0 Å². The summed E-state index contributed by atoms with van der Waals surface area (Å²) in [6, 6.07) is 0.592. The van der Waals surface area contributed by atoms with Crippen LogP contribution in [-0.2, 0) is 4.79 Å². The van der Waals surface area contributed by atoms with Gasteiger partial charge in [-0.2, -0.15) is 0 Å². The van der Waals surface area contributed by atoms with Crippen molar-refractivity contribution in [3.05, 3.63) is 0 Å². The van der Waals surface area contributed by atoms with E-state index in [0.29, 0.717) is 6.04 Å². The molecule has 16 heavy (non-hydrogen) atoms. The van der Waals surface area contributed by atoms with Crippen LogP contribution in [0.3, 0.4) is 0 Å². The van der Waals surface area contributed by atoms with Crippen LogP contribution in [0.2, 0.25) is 0 Å². The zero-order valence-corrected chi connectivity index (χ0v) is 11.0. The average Bonchev–Trinajstić information content (AvgIpc) is 2.17. The van der Waals surface area contributed by atoms with Crippen molar-refractivity contribution in [3.63, 3.8) is 0 Å². The number of carbonyl (C=O) groups excluding carboxylic acids is 1. The number of likely N-dealkylation sites (tertiary alicyclic amines) is 1. The van der Waals surface area contributed by atoms with Gasteiger partial charge in [0, 0.05) is 12.6 Å². The second-order valence-electron chi connectivity index (χ2n) is 5.70. The molecule has 2 N–H and O–H groups in total. The third-order valence-electron chi connectivity index (χ3n) is 3.62. The minimum absolute atomic E-state index is 0.215. The summed E-state index contributed by atoms with van der Waals surface area (Å²) in [6.45, 7) is 6.87. The molecule has 4 heteroatoms. The van der Waals surface area contributed by atoms with Gasteiger partial charge < -0.3 is 15.5 Å². The van der Waals surface area contributed by atoms with Crippen LogP contribution in [0.25, 0.3) is 0 Å². The molecule has 4 nitrogen and oxygen atoms in total. The summed E-state index contributed by atoms with van der Waals surface area (Å²) in [7, 11) is 4.25. The minimum atomic E-state index is -0.432. The van der Waals surface area contributed by atoms with Crippen LogP contribution in [0.15, 0.2) is 0 Å². The fourth-order valence-corrected chi connectivity index (χ4v) is 2.27. The Hall–Kier alpha value is -0.610. The highest BCUT2D eigenvalue weighted by Gasteiger charge is 2.30. The molecule has 94 valence electrons. The Morgan fingerprint density at radius 3 is 2.38 bits per heavy atom. The molecule has 0 aromatic carbocycles. The van der Waals surface area contributed by atoms with Gasteiger partial charge in [0.05, 0.1) is 5.41 Å². The molecule has 1 heterocycles. The van der Waals surface area contributed by atoms with Gasteiger partial charge in [-0.3, -0.25) is 4.79 Å². The van der Waals surface area contributed by atoms with Crippen molar-refractivity contribution in [3.8, 4) is 0 Å². The lowest BCUT2D eigenvalue weighted by atomic mass is 9.90. The van der Waals surface area contributed by atoms with Crippen LogP contribution >= 0.6 is 0 Å². The molecule has 1 saturated heterocycles. The smallest absolute Gasteiger partial charge is 0.224 e. The van der Waals surface area contributed by atoms with Gasteiger partial charge in [-0.25, -0.2) is 0 Å². The number of amides is 1. The first kappa shape index (κ1) is 13.5. The Morgan fingerprint density at radius 1 is 1.44 bits per heavy atom.